The maximum atomic E-state index is 5.25. The molecule has 1 rings (SSSR count). The van der Waals surface area contributed by atoms with Gasteiger partial charge in [0.05, 0.1) is 13.2 Å². The molecule has 0 amide bonds. The maximum Gasteiger partial charge on any atom is 0.0594 e. The third-order valence-corrected chi connectivity index (χ3v) is 2.13. The van der Waals surface area contributed by atoms with Crippen LogP contribution >= 0.6 is 0 Å². The molecule has 1 atom stereocenters. The minimum Gasteiger partial charge on any atom is -0.379 e. The Labute approximate surface area is 68.7 Å². The van der Waals surface area contributed by atoms with Gasteiger partial charge in [-0.25, -0.2) is 0 Å². The lowest BCUT2D eigenvalue weighted by Gasteiger charge is -2.28. The first-order valence-corrected chi connectivity index (χ1v) is 4.30. The lowest BCUT2D eigenvalue weighted by Crippen LogP contribution is -2.43. The maximum absolute atomic E-state index is 5.25. The van der Waals surface area contributed by atoms with Gasteiger partial charge in [0.1, 0.15) is 0 Å². The van der Waals surface area contributed by atoms with Gasteiger partial charge in [-0.2, -0.15) is 0 Å². The second kappa shape index (κ2) is 4.70. The zero-order valence-corrected chi connectivity index (χ0v) is 7.47. The Hall–Kier alpha value is -0.120. The highest BCUT2D eigenvalue weighted by molar-refractivity contribution is 4.67. The third kappa shape index (κ3) is 3.18. The van der Waals surface area contributed by atoms with Crippen LogP contribution in [0.2, 0.25) is 0 Å². The van der Waals surface area contributed by atoms with Gasteiger partial charge < -0.3 is 10.1 Å². The fraction of sp³-hybridized carbons (Fsp3) is 1.00. The predicted molar refractivity (Wildman–Crippen MR) is 45.8 cm³/mol. The minimum atomic E-state index is 0.591. The first kappa shape index (κ1) is 8.97. The van der Waals surface area contributed by atoms with Crippen LogP contribution in [-0.2, 0) is 4.74 Å². The zero-order valence-electron chi connectivity index (χ0n) is 7.47. The zero-order chi connectivity index (χ0) is 8.10. The largest absolute Gasteiger partial charge is 0.379 e. The van der Waals surface area contributed by atoms with Crippen molar-refractivity contribution in [2.24, 2.45) is 0 Å². The Morgan fingerprint density at radius 3 is 2.64 bits per heavy atom. The van der Waals surface area contributed by atoms with E-state index in [9.17, 15) is 0 Å². The van der Waals surface area contributed by atoms with E-state index in [4.69, 9.17) is 4.74 Å². The summed E-state index contributed by atoms with van der Waals surface area (Å²) < 4.78 is 5.25. The van der Waals surface area contributed by atoms with Crippen LogP contribution in [0.3, 0.4) is 0 Å². The summed E-state index contributed by atoms with van der Waals surface area (Å²) in [7, 11) is 2.01. The van der Waals surface area contributed by atoms with Crippen LogP contribution < -0.4 is 5.32 Å². The summed E-state index contributed by atoms with van der Waals surface area (Å²) in [5.74, 6) is 0. The Bertz CT molecular complexity index is 102. The molecule has 0 unspecified atom stereocenters. The highest BCUT2D eigenvalue weighted by atomic mass is 16.5. The highest BCUT2D eigenvalue weighted by Gasteiger charge is 2.11. The van der Waals surface area contributed by atoms with E-state index in [1.807, 2.05) is 7.05 Å². The van der Waals surface area contributed by atoms with Gasteiger partial charge in [0.2, 0.25) is 0 Å². The van der Waals surface area contributed by atoms with Crippen LogP contribution in [0, 0.1) is 0 Å². The highest BCUT2D eigenvalue weighted by Crippen LogP contribution is 1.97. The average molecular weight is 158 g/mol. The number of nitrogens with one attached hydrogen (secondary N) is 1. The van der Waals surface area contributed by atoms with Crippen molar-refractivity contribution < 1.29 is 4.74 Å². The molecule has 1 heterocycles. The van der Waals surface area contributed by atoms with E-state index in [-0.39, 0.29) is 0 Å². The Morgan fingerprint density at radius 2 is 2.09 bits per heavy atom. The average Bonchev–Trinajstić information content (AvgIpc) is 2.06. The van der Waals surface area contributed by atoms with E-state index in [1.54, 1.807) is 0 Å². The summed E-state index contributed by atoms with van der Waals surface area (Å²) in [5.41, 5.74) is 0. The Balaban J connectivity index is 2.13. The first-order valence-electron chi connectivity index (χ1n) is 4.30. The molecule has 0 saturated carbocycles. The van der Waals surface area contributed by atoms with Gasteiger partial charge in [-0.3, -0.25) is 4.90 Å². The van der Waals surface area contributed by atoms with Gasteiger partial charge in [-0.1, -0.05) is 0 Å². The lowest BCUT2D eigenvalue weighted by molar-refractivity contribution is 0.0347. The fourth-order valence-electron chi connectivity index (χ4n) is 1.26. The SMILES string of the molecule is CN[C@H](C)CN1CCOCC1. The normalized spacial score (nSPS) is 23.5. The van der Waals surface area contributed by atoms with Crippen molar-refractivity contribution in [3.05, 3.63) is 0 Å². The van der Waals surface area contributed by atoms with Crippen LogP contribution in [0.25, 0.3) is 0 Å². The number of hydrogen-bond acceptors (Lipinski definition) is 3. The predicted octanol–water partition coefficient (Wildman–Crippen LogP) is -0.0735. The first-order chi connectivity index (χ1) is 5.33. The van der Waals surface area contributed by atoms with Gasteiger partial charge in [-0.05, 0) is 14.0 Å². The van der Waals surface area contributed by atoms with E-state index in [0.717, 1.165) is 32.8 Å². The molecule has 0 radical (unpaired) electrons. The van der Waals surface area contributed by atoms with Gasteiger partial charge in [-0.15, -0.1) is 0 Å². The van der Waals surface area contributed by atoms with Crippen molar-refractivity contribution in [3.8, 4) is 0 Å². The van der Waals surface area contributed by atoms with Crippen LogP contribution in [0.1, 0.15) is 6.92 Å². The third-order valence-electron chi connectivity index (χ3n) is 2.13. The molecule has 0 aromatic rings. The summed E-state index contributed by atoms with van der Waals surface area (Å²) in [6, 6.07) is 0.591. The second-order valence-electron chi connectivity index (χ2n) is 3.10. The van der Waals surface area contributed by atoms with Crippen molar-refractivity contribution in [2.75, 3.05) is 39.9 Å². The number of likely N-dealkylation sites (N-methyl/N-ethyl adjacent to an activating group) is 1. The van der Waals surface area contributed by atoms with Crippen LogP contribution in [0.4, 0.5) is 0 Å². The van der Waals surface area contributed by atoms with Crippen molar-refractivity contribution in [1.82, 2.24) is 10.2 Å². The molecule has 0 spiro atoms. The van der Waals surface area contributed by atoms with E-state index in [1.165, 1.54) is 0 Å². The van der Waals surface area contributed by atoms with Crippen molar-refractivity contribution >= 4 is 0 Å². The molecule has 3 nitrogen and oxygen atoms in total. The van der Waals surface area contributed by atoms with Gasteiger partial charge >= 0.3 is 0 Å². The monoisotopic (exact) mass is 158 g/mol. The number of nitrogens with zero attached hydrogens (tertiary/aromatic N) is 1. The molecule has 1 aliphatic heterocycles. The number of morpholine rings is 1. The lowest BCUT2D eigenvalue weighted by atomic mass is 10.3. The van der Waals surface area contributed by atoms with Crippen LogP contribution in [0.15, 0.2) is 0 Å². The van der Waals surface area contributed by atoms with Crippen LogP contribution in [0.5, 0.6) is 0 Å². The molecule has 1 N–H and O–H groups in total. The molecule has 0 bridgehead atoms. The van der Waals surface area contributed by atoms with E-state index in [0.29, 0.717) is 6.04 Å². The Kier molecular flexibility index (Phi) is 3.83. The molecule has 11 heavy (non-hydrogen) atoms. The molecule has 1 fully saturated rings. The van der Waals surface area contributed by atoms with Gasteiger partial charge in [0, 0.05) is 25.7 Å². The van der Waals surface area contributed by atoms with E-state index >= 15 is 0 Å². The summed E-state index contributed by atoms with van der Waals surface area (Å²) in [5, 5.41) is 3.23. The second-order valence-corrected chi connectivity index (χ2v) is 3.10. The molecular formula is C8H18N2O. The summed E-state index contributed by atoms with van der Waals surface area (Å²) in [6.07, 6.45) is 0. The molecule has 66 valence electrons. The van der Waals surface area contributed by atoms with Crippen LogP contribution in [-0.4, -0.2) is 50.8 Å². The van der Waals surface area contributed by atoms with E-state index < -0.39 is 0 Å². The molecule has 1 aliphatic rings. The summed E-state index contributed by atoms with van der Waals surface area (Å²) in [6.45, 7) is 7.32. The topological polar surface area (TPSA) is 24.5 Å². The molecule has 3 heteroatoms. The van der Waals surface area contributed by atoms with Crippen molar-refractivity contribution in [2.45, 2.75) is 13.0 Å². The van der Waals surface area contributed by atoms with E-state index in [2.05, 4.69) is 17.1 Å². The summed E-state index contributed by atoms with van der Waals surface area (Å²) >= 11 is 0. The quantitative estimate of drug-likeness (QED) is 0.622. The Morgan fingerprint density at radius 1 is 1.45 bits per heavy atom. The molecule has 0 aromatic carbocycles. The fourth-order valence-corrected chi connectivity index (χ4v) is 1.26. The van der Waals surface area contributed by atoms with Crippen molar-refractivity contribution in [3.63, 3.8) is 0 Å². The summed E-state index contributed by atoms with van der Waals surface area (Å²) in [4.78, 5) is 2.44. The number of ether oxygens (including phenoxy) is 1. The van der Waals surface area contributed by atoms with Crippen molar-refractivity contribution in [1.29, 1.82) is 0 Å². The smallest absolute Gasteiger partial charge is 0.0594 e. The van der Waals surface area contributed by atoms with Gasteiger partial charge in [0.15, 0.2) is 0 Å². The molecule has 0 aliphatic carbocycles. The standard InChI is InChI=1S/C8H18N2O/c1-8(9-2)7-10-3-5-11-6-4-10/h8-9H,3-7H2,1-2H3/t8-/m1/s1. The number of rotatable bonds is 3. The molecule has 1 saturated heterocycles. The molecular weight excluding hydrogens is 140 g/mol. The van der Waals surface area contributed by atoms with Gasteiger partial charge in [0.25, 0.3) is 0 Å². The minimum absolute atomic E-state index is 0.591. The number of hydrogen-bond donors (Lipinski definition) is 1. The molecule has 0 aromatic heterocycles.